The Morgan fingerprint density at radius 2 is 2.00 bits per heavy atom. The molecule has 0 N–H and O–H groups in total. The van der Waals surface area contributed by atoms with E-state index in [1.165, 1.54) is 0 Å². The maximum absolute atomic E-state index is 13.2. The molecule has 1 saturated carbocycles. The minimum Gasteiger partial charge on any atom is -0.454 e. The number of methoxy groups -OCH3 is 2. The van der Waals surface area contributed by atoms with Crippen molar-refractivity contribution in [3.63, 3.8) is 0 Å². The fourth-order valence-corrected chi connectivity index (χ4v) is 6.82. The molecule has 2 saturated heterocycles. The van der Waals surface area contributed by atoms with Crippen LogP contribution in [0.15, 0.2) is 12.1 Å². The molecule has 7 heteroatoms. The summed E-state index contributed by atoms with van der Waals surface area (Å²) in [4.78, 5) is 15.6. The van der Waals surface area contributed by atoms with Crippen molar-refractivity contribution in [1.82, 2.24) is 4.90 Å². The molecule has 7 nitrogen and oxygen atoms in total. The highest BCUT2D eigenvalue weighted by Gasteiger charge is 2.82. The van der Waals surface area contributed by atoms with Gasteiger partial charge in [-0.05, 0) is 43.3 Å². The molecule has 0 aromatic heterocycles. The number of fused-ring (bicyclic) bond motifs is 4. The number of carbonyl (C=O) groups is 1. The zero-order valence-corrected chi connectivity index (χ0v) is 15.7. The van der Waals surface area contributed by atoms with Gasteiger partial charge in [0.1, 0.15) is 0 Å². The highest BCUT2D eigenvalue weighted by Crippen LogP contribution is 2.71. The quantitative estimate of drug-likeness (QED) is 0.779. The Bertz CT molecular complexity index is 872. The van der Waals surface area contributed by atoms with Gasteiger partial charge in [-0.2, -0.15) is 0 Å². The van der Waals surface area contributed by atoms with Gasteiger partial charge in [0.15, 0.2) is 23.4 Å². The lowest BCUT2D eigenvalue weighted by molar-refractivity contribution is -0.309. The van der Waals surface area contributed by atoms with E-state index in [2.05, 4.69) is 18.0 Å². The third kappa shape index (κ3) is 1.49. The van der Waals surface area contributed by atoms with Crippen LogP contribution in [0.25, 0.3) is 0 Å². The van der Waals surface area contributed by atoms with E-state index in [1.807, 2.05) is 6.07 Å². The van der Waals surface area contributed by atoms with Crippen molar-refractivity contribution in [3.8, 4) is 11.5 Å². The van der Waals surface area contributed by atoms with Gasteiger partial charge in [-0.1, -0.05) is 0 Å². The Morgan fingerprint density at radius 1 is 1.22 bits per heavy atom. The van der Waals surface area contributed by atoms with Gasteiger partial charge in [-0.15, -0.1) is 0 Å². The number of Topliss-reactive ketones (excluding diaryl/α,β-unsaturated/α-hetero) is 1. The molecule has 0 unspecified atom stereocenters. The molecule has 2 bridgehead atoms. The number of hydrogen-bond acceptors (Lipinski definition) is 7. The van der Waals surface area contributed by atoms with Crippen LogP contribution < -0.4 is 9.47 Å². The van der Waals surface area contributed by atoms with Gasteiger partial charge < -0.3 is 23.7 Å². The standard InChI is InChI=1S/C20H23NO6/c1-21-5-4-18-8-13(22)17(23-2)20(24-3)19(18,21)9-16(27-20)11-6-14-15(7-12(11)18)26-10-25-14/h6-7,16-17H,4-5,8-10H2,1-3H3/t16-,17+,18-,19-,20-/m0/s1. The van der Waals surface area contributed by atoms with Crippen LogP contribution in [0.4, 0.5) is 0 Å². The number of nitrogens with zero attached hydrogens (tertiary/aromatic N) is 1. The van der Waals surface area contributed by atoms with Crippen LogP contribution in [0.3, 0.4) is 0 Å². The Hall–Kier alpha value is -1.67. The predicted octanol–water partition coefficient (Wildman–Crippen LogP) is 1.53. The third-order valence-corrected chi connectivity index (χ3v) is 7.75. The number of likely N-dealkylation sites (N-methyl/N-ethyl adjacent to an activating group) is 1. The van der Waals surface area contributed by atoms with Crippen LogP contribution in [-0.2, 0) is 24.4 Å². The summed E-state index contributed by atoms with van der Waals surface area (Å²) in [5, 5.41) is 0. The molecular weight excluding hydrogens is 350 g/mol. The molecule has 0 amide bonds. The number of benzene rings is 1. The Kier molecular flexibility index (Phi) is 2.92. The number of hydrogen-bond donors (Lipinski definition) is 0. The second-order valence-corrected chi connectivity index (χ2v) is 8.35. The smallest absolute Gasteiger partial charge is 0.231 e. The maximum atomic E-state index is 13.2. The van der Waals surface area contributed by atoms with Crippen LogP contribution in [0, 0.1) is 0 Å². The summed E-state index contributed by atoms with van der Waals surface area (Å²) >= 11 is 0. The minimum atomic E-state index is -1.13. The summed E-state index contributed by atoms with van der Waals surface area (Å²) in [7, 11) is 5.31. The van der Waals surface area contributed by atoms with Crippen LogP contribution in [0.1, 0.15) is 36.5 Å². The van der Waals surface area contributed by atoms with Crippen molar-refractivity contribution in [2.75, 3.05) is 34.6 Å². The molecule has 27 heavy (non-hydrogen) atoms. The molecule has 0 radical (unpaired) electrons. The van der Waals surface area contributed by atoms with Gasteiger partial charge in [0.05, 0.1) is 11.6 Å². The van der Waals surface area contributed by atoms with Gasteiger partial charge in [-0.3, -0.25) is 9.69 Å². The van der Waals surface area contributed by atoms with Gasteiger partial charge >= 0.3 is 0 Å². The first-order chi connectivity index (χ1) is 13.0. The fraction of sp³-hybridized carbons (Fsp3) is 0.650. The zero-order chi connectivity index (χ0) is 18.6. The van der Waals surface area contributed by atoms with Crippen molar-refractivity contribution < 1.29 is 28.5 Å². The second-order valence-electron chi connectivity index (χ2n) is 8.35. The van der Waals surface area contributed by atoms with Gasteiger partial charge in [-0.25, -0.2) is 0 Å². The normalized spacial score (nSPS) is 43.7. The van der Waals surface area contributed by atoms with Crippen molar-refractivity contribution in [1.29, 1.82) is 0 Å². The molecular formula is C20H23NO6. The van der Waals surface area contributed by atoms with E-state index in [-0.39, 0.29) is 24.1 Å². The number of rotatable bonds is 2. The number of likely N-dealkylation sites (tertiary alicyclic amines) is 1. The highest BCUT2D eigenvalue weighted by atomic mass is 16.7. The van der Waals surface area contributed by atoms with Crippen LogP contribution >= 0.6 is 0 Å². The predicted molar refractivity (Wildman–Crippen MR) is 92.8 cm³/mol. The van der Waals surface area contributed by atoms with Crippen LogP contribution in [0.5, 0.6) is 11.5 Å². The molecule has 3 heterocycles. The van der Waals surface area contributed by atoms with E-state index >= 15 is 0 Å². The number of ether oxygens (including phenoxy) is 5. The minimum absolute atomic E-state index is 0.0384. The first kappa shape index (κ1) is 16.3. The molecule has 5 aliphatic rings. The Labute approximate surface area is 157 Å². The second kappa shape index (κ2) is 4.84. The largest absolute Gasteiger partial charge is 0.454 e. The summed E-state index contributed by atoms with van der Waals surface area (Å²) < 4.78 is 29.7. The lowest BCUT2D eigenvalue weighted by atomic mass is 9.51. The average molecular weight is 373 g/mol. The summed E-state index contributed by atoms with van der Waals surface area (Å²) in [5.74, 6) is 0.406. The maximum Gasteiger partial charge on any atom is 0.231 e. The molecule has 144 valence electrons. The van der Waals surface area contributed by atoms with Gasteiger partial charge in [0.25, 0.3) is 0 Å². The molecule has 6 rings (SSSR count). The molecule has 1 spiro atoms. The van der Waals surface area contributed by atoms with Crippen molar-refractivity contribution in [2.45, 2.75) is 48.2 Å². The van der Waals surface area contributed by atoms with Crippen molar-refractivity contribution in [2.24, 2.45) is 0 Å². The zero-order valence-electron chi connectivity index (χ0n) is 15.7. The summed E-state index contributed by atoms with van der Waals surface area (Å²) in [6.45, 7) is 1.10. The molecule has 3 aliphatic heterocycles. The van der Waals surface area contributed by atoms with Crippen molar-refractivity contribution >= 4 is 5.78 Å². The molecule has 1 aromatic rings. The number of carbonyl (C=O) groups excluding carboxylic acids is 1. The lowest BCUT2D eigenvalue weighted by Gasteiger charge is -2.59. The monoisotopic (exact) mass is 373 g/mol. The van der Waals surface area contributed by atoms with E-state index < -0.39 is 17.4 Å². The molecule has 5 atom stereocenters. The van der Waals surface area contributed by atoms with E-state index in [0.29, 0.717) is 6.42 Å². The Morgan fingerprint density at radius 3 is 2.74 bits per heavy atom. The third-order valence-electron chi connectivity index (χ3n) is 7.75. The van der Waals surface area contributed by atoms with Gasteiger partial charge in [0, 0.05) is 32.5 Å². The molecule has 2 aliphatic carbocycles. The highest BCUT2D eigenvalue weighted by molar-refractivity contribution is 5.89. The van der Waals surface area contributed by atoms with Crippen LogP contribution in [-0.4, -0.2) is 62.7 Å². The summed E-state index contributed by atoms with van der Waals surface area (Å²) in [6.07, 6.45) is 1.15. The van der Waals surface area contributed by atoms with Crippen molar-refractivity contribution in [3.05, 3.63) is 23.3 Å². The average Bonchev–Trinajstić information content (AvgIpc) is 3.33. The first-order valence-corrected chi connectivity index (χ1v) is 9.47. The van der Waals surface area contributed by atoms with E-state index in [1.54, 1.807) is 14.2 Å². The SMILES string of the molecule is CO[C@@H]1C(=O)C[C@]23CCN(C)[C@@]24C[C@H](O[C@@]14OC)c1cc2c(cc13)OCO2. The van der Waals surface area contributed by atoms with Gasteiger partial charge in [0.2, 0.25) is 12.6 Å². The first-order valence-electron chi connectivity index (χ1n) is 9.47. The van der Waals surface area contributed by atoms with E-state index in [4.69, 9.17) is 23.7 Å². The fourth-order valence-electron chi connectivity index (χ4n) is 6.82. The number of ketones is 1. The topological polar surface area (TPSA) is 66.5 Å². The Balaban J connectivity index is 1.69. The van der Waals surface area contributed by atoms with E-state index in [9.17, 15) is 4.79 Å². The summed E-state index contributed by atoms with van der Waals surface area (Å²) in [5.41, 5.74) is 1.41. The summed E-state index contributed by atoms with van der Waals surface area (Å²) in [6, 6.07) is 4.11. The molecule has 1 aromatic carbocycles. The lowest BCUT2D eigenvalue weighted by Crippen LogP contribution is -2.76. The molecule has 3 fully saturated rings. The van der Waals surface area contributed by atoms with E-state index in [0.717, 1.165) is 42.0 Å². The van der Waals surface area contributed by atoms with Crippen LogP contribution in [0.2, 0.25) is 0 Å².